The zero-order valence-corrected chi connectivity index (χ0v) is 17.5. The molecule has 1 aromatic carbocycles. The van der Waals surface area contributed by atoms with Crippen molar-refractivity contribution in [3.05, 3.63) is 24.0 Å². The molecule has 0 aliphatic carbocycles. The number of fused-ring (bicyclic) bond motifs is 1. The van der Waals surface area contributed by atoms with E-state index in [2.05, 4.69) is 10.3 Å². The molecule has 150 valence electrons. The average molecular weight is 396 g/mol. The highest BCUT2D eigenvalue weighted by molar-refractivity contribution is 7.89. The first-order valence-corrected chi connectivity index (χ1v) is 10.5. The van der Waals surface area contributed by atoms with E-state index in [1.807, 2.05) is 18.5 Å². The summed E-state index contributed by atoms with van der Waals surface area (Å²) in [6, 6.07) is 4.99. The van der Waals surface area contributed by atoms with Gasteiger partial charge in [-0.2, -0.15) is 0 Å². The van der Waals surface area contributed by atoms with Gasteiger partial charge in [-0.25, -0.2) is 17.7 Å². The minimum absolute atomic E-state index is 0.0656. The van der Waals surface area contributed by atoms with Gasteiger partial charge < -0.3 is 14.8 Å². The van der Waals surface area contributed by atoms with E-state index in [-0.39, 0.29) is 10.8 Å². The van der Waals surface area contributed by atoms with Crippen LogP contribution in [0.25, 0.3) is 11.0 Å². The van der Waals surface area contributed by atoms with E-state index in [1.54, 1.807) is 30.1 Å². The maximum Gasteiger partial charge on any atom is 0.242 e. The van der Waals surface area contributed by atoms with Crippen LogP contribution >= 0.6 is 0 Å². The SMILES string of the molecule is CCn1c(CCC(=O)N(C)CCNC)nc2cc(S(=O)(=O)N(C)C)ccc21. The Bertz CT molecular complexity index is 905. The minimum Gasteiger partial charge on any atom is -0.344 e. The number of aromatic nitrogens is 2. The number of hydrogen-bond acceptors (Lipinski definition) is 5. The number of nitrogens with one attached hydrogen (secondary N) is 1. The van der Waals surface area contributed by atoms with Gasteiger partial charge in [-0.1, -0.05) is 0 Å². The first-order chi connectivity index (χ1) is 12.7. The fourth-order valence-corrected chi connectivity index (χ4v) is 3.81. The number of hydrogen-bond donors (Lipinski definition) is 1. The maximum absolute atomic E-state index is 12.3. The van der Waals surface area contributed by atoms with E-state index < -0.39 is 10.0 Å². The van der Waals surface area contributed by atoms with Crippen LogP contribution in [0, 0.1) is 0 Å². The smallest absolute Gasteiger partial charge is 0.242 e. The van der Waals surface area contributed by atoms with Crippen molar-refractivity contribution in [2.75, 3.05) is 41.3 Å². The van der Waals surface area contributed by atoms with E-state index >= 15 is 0 Å². The summed E-state index contributed by atoms with van der Waals surface area (Å²) < 4.78 is 27.9. The molecule has 0 aliphatic heterocycles. The predicted molar refractivity (Wildman–Crippen MR) is 106 cm³/mol. The average Bonchev–Trinajstić information content (AvgIpc) is 3.00. The van der Waals surface area contributed by atoms with Crippen LogP contribution in [0.15, 0.2) is 23.1 Å². The van der Waals surface area contributed by atoms with Crippen molar-refractivity contribution in [2.45, 2.75) is 31.2 Å². The number of carbonyl (C=O) groups excluding carboxylic acids is 1. The fourth-order valence-electron chi connectivity index (χ4n) is 2.89. The van der Waals surface area contributed by atoms with E-state index in [1.165, 1.54) is 18.4 Å². The van der Waals surface area contributed by atoms with Crippen molar-refractivity contribution in [3.63, 3.8) is 0 Å². The van der Waals surface area contributed by atoms with Gasteiger partial charge in [-0.15, -0.1) is 0 Å². The number of aryl methyl sites for hydroxylation is 2. The van der Waals surface area contributed by atoms with Crippen LogP contribution in [-0.2, 0) is 27.8 Å². The molecule has 0 atom stereocenters. The topological polar surface area (TPSA) is 87.5 Å². The van der Waals surface area contributed by atoms with Gasteiger partial charge in [0.05, 0.1) is 15.9 Å². The Hall–Kier alpha value is -1.97. The highest BCUT2D eigenvalue weighted by Crippen LogP contribution is 2.22. The van der Waals surface area contributed by atoms with Crippen LogP contribution in [0.2, 0.25) is 0 Å². The van der Waals surface area contributed by atoms with Gasteiger partial charge in [0.15, 0.2) is 0 Å². The third-order valence-electron chi connectivity index (χ3n) is 4.58. The van der Waals surface area contributed by atoms with E-state index in [0.717, 1.165) is 17.9 Å². The first kappa shape index (κ1) is 21.3. The van der Waals surface area contributed by atoms with Gasteiger partial charge >= 0.3 is 0 Å². The Kier molecular flexibility index (Phi) is 6.96. The molecule has 2 rings (SSSR count). The van der Waals surface area contributed by atoms with Crippen LogP contribution in [-0.4, -0.2) is 74.4 Å². The Labute approximate surface area is 161 Å². The Balaban J connectivity index is 2.26. The molecule has 0 spiro atoms. The molecular formula is C18H29N5O3S. The number of benzene rings is 1. The summed E-state index contributed by atoms with van der Waals surface area (Å²) in [5, 5.41) is 3.03. The van der Waals surface area contributed by atoms with Gasteiger partial charge in [-0.05, 0) is 32.2 Å². The van der Waals surface area contributed by atoms with Crippen LogP contribution < -0.4 is 5.32 Å². The zero-order valence-electron chi connectivity index (χ0n) is 16.7. The van der Waals surface area contributed by atoms with Gasteiger partial charge in [0.2, 0.25) is 15.9 Å². The monoisotopic (exact) mass is 395 g/mol. The third-order valence-corrected chi connectivity index (χ3v) is 6.39. The molecule has 27 heavy (non-hydrogen) atoms. The van der Waals surface area contributed by atoms with Crippen molar-refractivity contribution in [3.8, 4) is 0 Å². The number of likely N-dealkylation sites (N-methyl/N-ethyl adjacent to an activating group) is 2. The number of rotatable bonds is 9. The highest BCUT2D eigenvalue weighted by Gasteiger charge is 2.20. The summed E-state index contributed by atoms with van der Waals surface area (Å²) in [6.45, 7) is 4.12. The van der Waals surface area contributed by atoms with Gasteiger partial charge in [0.1, 0.15) is 5.82 Å². The molecule has 0 saturated carbocycles. The lowest BCUT2D eigenvalue weighted by atomic mass is 10.2. The van der Waals surface area contributed by atoms with Crippen LogP contribution in [0.5, 0.6) is 0 Å². The molecule has 0 saturated heterocycles. The molecule has 0 fully saturated rings. The summed E-state index contributed by atoms with van der Waals surface area (Å²) in [4.78, 5) is 18.8. The van der Waals surface area contributed by atoms with E-state index in [9.17, 15) is 13.2 Å². The van der Waals surface area contributed by atoms with Crippen molar-refractivity contribution in [1.29, 1.82) is 0 Å². The molecule has 0 bridgehead atoms. The van der Waals surface area contributed by atoms with Crippen LogP contribution in [0.3, 0.4) is 0 Å². The van der Waals surface area contributed by atoms with Crippen LogP contribution in [0.1, 0.15) is 19.2 Å². The largest absolute Gasteiger partial charge is 0.344 e. The van der Waals surface area contributed by atoms with Crippen molar-refractivity contribution in [2.24, 2.45) is 0 Å². The third kappa shape index (κ3) is 4.66. The number of amides is 1. The predicted octanol–water partition coefficient (Wildman–Crippen LogP) is 0.917. The number of imidazole rings is 1. The number of sulfonamides is 1. The van der Waals surface area contributed by atoms with Gasteiger partial charge in [-0.3, -0.25) is 4.79 Å². The second kappa shape index (κ2) is 8.81. The molecule has 1 N–H and O–H groups in total. The molecule has 0 aliphatic rings. The molecule has 1 heterocycles. The quantitative estimate of drug-likeness (QED) is 0.682. The molecule has 1 aromatic heterocycles. The van der Waals surface area contributed by atoms with Crippen LogP contribution in [0.4, 0.5) is 0 Å². The standard InChI is InChI=1S/C18H29N5O3S/c1-6-23-16-8-7-14(27(25,26)21(3)4)13-15(16)20-17(23)9-10-18(24)22(5)12-11-19-2/h7-8,13,19H,6,9-12H2,1-5H3. The Morgan fingerprint density at radius 3 is 2.56 bits per heavy atom. The van der Waals surface area contributed by atoms with Crippen molar-refractivity contribution >= 4 is 27.0 Å². The lowest BCUT2D eigenvalue weighted by Crippen LogP contribution is -2.33. The zero-order chi connectivity index (χ0) is 20.2. The molecule has 0 unspecified atom stereocenters. The summed E-state index contributed by atoms with van der Waals surface area (Å²) in [6.07, 6.45) is 0.882. The normalized spacial score (nSPS) is 12.1. The highest BCUT2D eigenvalue weighted by atomic mass is 32.2. The fraction of sp³-hybridized carbons (Fsp3) is 0.556. The summed E-state index contributed by atoms with van der Waals surface area (Å²) in [5.74, 6) is 0.859. The summed E-state index contributed by atoms with van der Waals surface area (Å²) >= 11 is 0. The second-order valence-corrected chi connectivity index (χ2v) is 8.78. The first-order valence-electron chi connectivity index (χ1n) is 9.02. The van der Waals surface area contributed by atoms with Crippen molar-refractivity contribution in [1.82, 2.24) is 24.1 Å². The lowest BCUT2D eigenvalue weighted by molar-refractivity contribution is -0.129. The molecule has 2 aromatic rings. The lowest BCUT2D eigenvalue weighted by Gasteiger charge is -2.16. The Morgan fingerprint density at radius 2 is 1.96 bits per heavy atom. The second-order valence-electron chi connectivity index (χ2n) is 6.63. The van der Waals surface area contributed by atoms with Gasteiger partial charge in [0, 0.05) is 53.6 Å². The molecule has 8 nitrogen and oxygen atoms in total. The van der Waals surface area contributed by atoms with E-state index in [0.29, 0.717) is 31.4 Å². The Morgan fingerprint density at radius 1 is 1.26 bits per heavy atom. The number of nitrogens with zero attached hydrogens (tertiary/aromatic N) is 4. The molecule has 9 heteroatoms. The van der Waals surface area contributed by atoms with E-state index in [4.69, 9.17) is 0 Å². The molecule has 0 radical (unpaired) electrons. The molecular weight excluding hydrogens is 366 g/mol. The summed E-state index contributed by atoms with van der Waals surface area (Å²) in [7, 11) is 3.15. The maximum atomic E-state index is 12.3. The summed E-state index contributed by atoms with van der Waals surface area (Å²) in [5.41, 5.74) is 1.51. The molecule has 1 amide bonds. The minimum atomic E-state index is -3.51. The van der Waals surface area contributed by atoms with Crippen molar-refractivity contribution < 1.29 is 13.2 Å². The van der Waals surface area contributed by atoms with Gasteiger partial charge in [0.25, 0.3) is 0 Å². The number of carbonyl (C=O) groups is 1.